The molecule has 8 nitrogen and oxygen atoms in total. The lowest BCUT2D eigenvalue weighted by Crippen LogP contribution is -2.41. The predicted octanol–water partition coefficient (Wildman–Crippen LogP) is 2.68. The zero-order chi connectivity index (χ0) is 22.4. The number of carbonyl (C=O) groups excluding carboxylic acids is 2. The number of piperidine rings is 1. The van der Waals surface area contributed by atoms with Crippen molar-refractivity contribution in [1.29, 1.82) is 0 Å². The van der Waals surface area contributed by atoms with E-state index in [-0.39, 0.29) is 28.7 Å². The van der Waals surface area contributed by atoms with Crippen LogP contribution in [-0.2, 0) is 19.6 Å². The second kappa shape index (κ2) is 10.5. The van der Waals surface area contributed by atoms with Gasteiger partial charge in [-0.3, -0.25) is 4.79 Å². The maximum atomic E-state index is 13.1. The normalized spacial score (nSPS) is 20.7. The Kier molecular flexibility index (Phi) is 7.94. The number of methoxy groups -OCH3 is 1. The molecule has 1 aromatic rings. The standard InChI is InChI=1S/C22H32N2O6S/c1-17-8-7-11-23(15-17)21(25)16-30-22(26)19-14-18(9-10-20(19)29-2)31(27,28)24-12-5-3-4-6-13-24/h9-10,14,17H,3-8,11-13,15-16H2,1-2H3. The Morgan fingerprint density at radius 3 is 2.42 bits per heavy atom. The Morgan fingerprint density at radius 2 is 1.77 bits per heavy atom. The second-order valence-corrected chi connectivity index (χ2v) is 10.3. The number of nitrogens with zero attached hydrogens (tertiary/aromatic N) is 2. The first-order valence-corrected chi connectivity index (χ1v) is 12.4. The van der Waals surface area contributed by atoms with Gasteiger partial charge in [0.15, 0.2) is 6.61 Å². The van der Waals surface area contributed by atoms with Crippen LogP contribution in [-0.4, -0.2) is 69.4 Å². The van der Waals surface area contributed by atoms with Crippen LogP contribution in [0.15, 0.2) is 23.1 Å². The summed E-state index contributed by atoms with van der Waals surface area (Å²) in [7, 11) is -2.33. The summed E-state index contributed by atoms with van der Waals surface area (Å²) in [4.78, 5) is 26.9. The summed E-state index contributed by atoms with van der Waals surface area (Å²) in [5, 5.41) is 0. The van der Waals surface area contributed by atoms with Gasteiger partial charge in [-0.1, -0.05) is 19.8 Å². The summed E-state index contributed by atoms with van der Waals surface area (Å²) >= 11 is 0. The third-order valence-electron chi connectivity index (χ3n) is 5.93. The largest absolute Gasteiger partial charge is 0.496 e. The third-order valence-corrected chi connectivity index (χ3v) is 7.82. The van der Waals surface area contributed by atoms with E-state index in [9.17, 15) is 18.0 Å². The van der Waals surface area contributed by atoms with Crippen molar-refractivity contribution in [2.75, 3.05) is 39.9 Å². The summed E-state index contributed by atoms with van der Waals surface area (Å²) in [6, 6.07) is 4.18. The van der Waals surface area contributed by atoms with Crippen LogP contribution in [0, 0.1) is 5.92 Å². The summed E-state index contributed by atoms with van der Waals surface area (Å²) < 4.78 is 38.1. The highest BCUT2D eigenvalue weighted by Gasteiger charge is 2.28. The average Bonchev–Trinajstić information content (AvgIpc) is 3.07. The second-order valence-electron chi connectivity index (χ2n) is 8.34. The van der Waals surface area contributed by atoms with Gasteiger partial charge in [0.1, 0.15) is 11.3 Å². The number of carbonyl (C=O) groups is 2. The fourth-order valence-electron chi connectivity index (χ4n) is 4.15. The Labute approximate surface area is 184 Å². The van der Waals surface area contributed by atoms with Gasteiger partial charge in [-0.25, -0.2) is 13.2 Å². The van der Waals surface area contributed by atoms with Crippen molar-refractivity contribution in [3.8, 4) is 5.75 Å². The Morgan fingerprint density at radius 1 is 1.06 bits per heavy atom. The monoisotopic (exact) mass is 452 g/mol. The predicted molar refractivity (Wildman–Crippen MR) is 115 cm³/mol. The smallest absolute Gasteiger partial charge is 0.342 e. The Bertz CT molecular complexity index is 893. The molecule has 1 atom stereocenters. The van der Waals surface area contributed by atoms with Gasteiger partial charge in [0.2, 0.25) is 10.0 Å². The number of likely N-dealkylation sites (tertiary alicyclic amines) is 1. The molecule has 2 fully saturated rings. The van der Waals surface area contributed by atoms with Crippen molar-refractivity contribution in [3.05, 3.63) is 23.8 Å². The van der Waals surface area contributed by atoms with Gasteiger partial charge in [0.05, 0.1) is 12.0 Å². The maximum absolute atomic E-state index is 13.1. The van der Waals surface area contributed by atoms with E-state index in [0.29, 0.717) is 32.1 Å². The minimum absolute atomic E-state index is 0.00166. The number of amides is 1. The molecule has 0 bridgehead atoms. The molecule has 2 aliphatic rings. The highest BCUT2D eigenvalue weighted by Crippen LogP contribution is 2.27. The number of sulfonamides is 1. The van der Waals surface area contributed by atoms with Crippen LogP contribution in [0.25, 0.3) is 0 Å². The van der Waals surface area contributed by atoms with Gasteiger partial charge in [-0.05, 0) is 49.8 Å². The van der Waals surface area contributed by atoms with Crippen molar-refractivity contribution < 1.29 is 27.5 Å². The van der Waals surface area contributed by atoms with Crippen molar-refractivity contribution in [1.82, 2.24) is 9.21 Å². The van der Waals surface area contributed by atoms with Gasteiger partial charge < -0.3 is 14.4 Å². The molecule has 0 N–H and O–H groups in total. The highest BCUT2D eigenvalue weighted by atomic mass is 32.2. The lowest BCUT2D eigenvalue weighted by atomic mass is 10.0. The molecular weight excluding hydrogens is 420 g/mol. The van der Waals surface area contributed by atoms with Crippen LogP contribution in [0.4, 0.5) is 0 Å². The number of rotatable bonds is 6. The lowest BCUT2D eigenvalue weighted by molar-refractivity contribution is -0.136. The summed E-state index contributed by atoms with van der Waals surface area (Å²) in [6.07, 6.45) is 5.68. The fraction of sp³-hybridized carbons (Fsp3) is 0.636. The molecule has 0 radical (unpaired) electrons. The molecule has 1 amide bonds. The minimum atomic E-state index is -3.73. The molecule has 0 aromatic heterocycles. The van der Waals surface area contributed by atoms with Crippen LogP contribution < -0.4 is 4.74 Å². The molecule has 0 spiro atoms. The van der Waals surface area contributed by atoms with Crippen molar-refractivity contribution in [2.24, 2.45) is 5.92 Å². The minimum Gasteiger partial charge on any atom is -0.496 e. The summed E-state index contributed by atoms with van der Waals surface area (Å²) in [5.41, 5.74) is -0.00166. The number of hydrogen-bond donors (Lipinski definition) is 0. The summed E-state index contributed by atoms with van der Waals surface area (Å²) in [6.45, 7) is 3.97. The number of hydrogen-bond acceptors (Lipinski definition) is 6. The van der Waals surface area contributed by atoms with E-state index in [1.165, 1.54) is 29.6 Å². The van der Waals surface area contributed by atoms with Crippen molar-refractivity contribution in [2.45, 2.75) is 50.3 Å². The number of benzene rings is 1. The van der Waals surface area contributed by atoms with E-state index in [0.717, 1.165) is 38.5 Å². The molecule has 1 unspecified atom stereocenters. The van der Waals surface area contributed by atoms with Crippen LogP contribution in [0.2, 0.25) is 0 Å². The molecule has 172 valence electrons. The quantitative estimate of drug-likeness (QED) is 0.616. The zero-order valence-electron chi connectivity index (χ0n) is 18.3. The molecule has 0 saturated carbocycles. The van der Waals surface area contributed by atoms with Crippen LogP contribution >= 0.6 is 0 Å². The van der Waals surface area contributed by atoms with Crippen molar-refractivity contribution >= 4 is 21.9 Å². The first kappa shape index (κ1) is 23.5. The van der Waals surface area contributed by atoms with E-state index < -0.39 is 16.0 Å². The van der Waals surface area contributed by atoms with E-state index in [2.05, 4.69) is 6.92 Å². The molecule has 31 heavy (non-hydrogen) atoms. The van der Waals surface area contributed by atoms with Gasteiger partial charge >= 0.3 is 5.97 Å². The Hall–Kier alpha value is -2.13. The van der Waals surface area contributed by atoms with Gasteiger partial charge in [0, 0.05) is 26.2 Å². The number of esters is 1. The first-order chi connectivity index (χ1) is 14.8. The van der Waals surface area contributed by atoms with E-state index in [1.807, 2.05) is 0 Å². The fourth-order valence-corrected chi connectivity index (χ4v) is 5.69. The number of ether oxygens (including phenoxy) is 2. The molecule has 1 aromatic carbocycles. The van der Waals surface area contributed by atoms with E-state index in [1.54, 1.807) is 4.90 Å². The SMILES string of the molecule is COc1ccc(S(=O)(=O)N2CCCCCC2)cc1C(=O)OCC(=O)N1CCCC(C)C1. The molecule has 0 aliphatic carbocycles. The molecule has 2 heterocycles. The maximum Gasteiger partial charge on any atom is 0.342 e. The van der Waals surface area contributed by atoms with Crippen molar-refractivity contribution in [3.63, 3.8) is 0 Å². The van der Waals surface area contributed by atoms with Gasteiger partial charge in [-0.15, -0.1) is 0 Å². The van der Waals surface area contributed by atoms with Gasteiger partial charge in [-0.2, -0.15) is 4.31 Å². The van der Waals surface area contributed by atoms with Gasteiger partial charge in [0.25, 0.3) is 5.91 Å². The van der Waals surface area contributed by atoms with E-state index in [4.69, 9.17) is 9.47 Å². The molecule has 2 saturated heterocycles. The van der Waals surface area contributed by atoms with E-state index >= 15 is 0 Å². The van der Waals surface area contributed by atoms with Crippen LogP contribution in [0.5, 0.6) is 5.75 Å². The summed E-state index contributed by atoms with van der Waals surface area (Å²) in [5.74, 6) is -0.386. The molecular formula is C22H32N2O6S. The average molecular weight is 453 g/mol. The lowest BCUT2D eigenvalue weighted by Gasteiger charge is -2.30. The Balaban J connectivity index is 1.73. The van der Waals surface area contributed by atoms with Crippen LogP contribution in [0.1, 0.15) is 55.8 Å². The van der Waals surface area contributed by atoms with Crippen LogP contribution in [0.3, 0.4) is 0 Å². The topological polar surface area (TPSA) is 93.2 Å². The third kappa shape index (κ3) is 5.77. The highest BCUT2D eigenvalue weighted by molar-refractivity contribution is 7.89. The molecule has 3 rings (SSSR count). The molecule has 9 heteroatoms. The molecule has 2 aliphatic heterocycles. The zero-order valence-corrected chi connectivity index (χ0v) is 19.2. The first-order valence-electron chi connectivity index (χ1n) is 11.0.